The average Bonchev–Trinajstić information content (AvgIpc) is 3.04. The van der Waals surface area contributed by atoms with Crippen molar-refractivity contribution in [2.24, 2.45) is 0 Å². The van der Waals surface area contributed by atoms with E-state index in [1.807, 2.05) is 6.92 Å². The summed E-state index contributed by atoms with van der Waals surface area (Å²) in [6, 6.07) is 2.32. The van der Waals surface area contributed by atoms with Gasteiger partial charge in [-0.3, -0.25) is 10.1 Å². The largest absolute Gasteiger partial charge is 0.504 e. The van der Waals surface area contributed by atoms with Gasteiger partial charge in [0.2, 0.25) is 5.75 Å². The summed E-state index contributed by atoms with van der Waals surface area (Å²) < 4.78 is 4.45. The standard InChI is InChI=1S/C15H10BrClN4O4S/c1-5-10(15(16)18-6(2)11(5)17)14-12(19-20-26-14)7-3-8(21(24)25)13(23)9(22)4-7/h3-4,22-23H,1-2H3. The van der Waals surface area contributed by atoms with Crippen molar-refractivity contribution in [3.8, 4) is 33.2 Å². The van der Waals surface area contributed by atoms with Crippen LogP contribution in [0.1, 0.15) is 11.3 Å². The Morgan fingerprint density at radius 2 is 2.00 bits per heavy atom. The van der Waals surface area contributed by atoms with E-state index in [1.54, 1.807) is 6.92 Å². The second-order valence-corrected chi connectivity index (χ2v) is 7.26. The van der Waals surface area contributed by atoms with E-state index in [0.29, 0.717) is 31.5 Å². The molecule has 0 spiro atoms. The van der Waals surface area contributed by atoms with Gasteiger partial charge in [0.25, 0.3) is 0 Å². The molecule has 0 bridgehead atoms. The summed E-state index contributed by atoms with van der Waals surface area (Å²) in [6.07, 6.45) is 0. The number of aromatic nitrogens is 3. The van der Waals surface area contributed by atoms with Crippen LogP contribution in [0.3, 0.4) is 0 Å². The van der Waals surface area contributed by atoms with Gasteiger partial charge in [-0.05, 0) is 52.9 Å². The number of nitro benzene ring substituents is 1. The highest BCUT2D eigenvalue weighted by atomic mass is 79.9. The van der Waals surface area contributed by atoms with Gasteiger partial charge in [0.05, 0.1) is 20.5 Å². The molecule has 0 fully saturated rings. The van der Waals surface area contributed by atoms with Crippen LogP contribution in [-0.2, 0) is 0 Å². The predicted molar refractivity (Wildman–Crippen MR) is 101 cm³/mol. The molecule has 3 rings (SSSR count). The van der Waals surface area contributed by atoms with Gasteiger partial charge >= 0.3 is 5.69 Å². The SMILES string of the molecule is Cc1nc(Br)c(-c2snnc2-c2cc(O)c(O)c([N+](=O)[O-])c2)c(C)c1Cl. The number of hydrogen-bond acceptors (Lipinski definition) is 8. The monoisotopic (exact) mass is 456 g/mol. The van der Waals surface area contributed by atoms with Gasteiger partial charge in [-0.15, -0.1) is 5.10 Å². The summed E-state index contributed by atoms with van der Waals surface area (Å²) in [4.78, 5) is 15.2. The third-order valence-corrected chi connectivity index (χ3v) is 5.62. The number of nitrogens with zero attached hydrogens (tertiary/aromatic N) is 4. The van der Waals surface area contributed by atoms with Crippen molar-refractivity contribution in [2.75, 3.05) is 0 Å². The van der Waals surface area contributed by atoms with E-state index in [1.165, 1.54) is 6.07 Å². The maximum Gasteiger partial charge on any atom is 0.315 e. The fraction of sp³-hybridized carbons (Fsp3) is 0.133. The van der Waals surface area contributed by atoms with Gasteiger partial charge in [0.15, 0.2) is 5.75 Å². The number of benzene rings is 1. The minimum Gasteiger partial charge on any atom is -0.504 e. The Balaban J connectivity index is 2.27. The zero-order chi connectivity index (χ0) is 19.2. The number of pyridine rings is 1. The van der Waals surface area contributed by atoms with E-state index in [0.717, 1.165) is 23.2 Å². The fourth-order valence-electron chi connectivity index (χ4n) is 2.48. The van der Waals surface area contributed by atoms with Crippen molar-refractivity contribution in [2.45, 2.75) is 13.8 Å². The van der Waals surface area contributed by atoms with Crippen LogP contribution >= 0.6 is 39.1 Å². The molecule has 0 amide bonds. The molecule has 0 unspecified atom stereocenters. The van der Waals surface area contributed by atoms with Gasteiger partial charge in [-0.1, -0.05) is 16.1 Å². The quantitative estimate of drug-likeness (QED) is 0.255. The lowest BCUT2D eigenvalue weighted by atomic mass is 10.0. The Labute approximate surface area is 164 Å². The fourth-order valence-corrected chi connectivity index (χ4v) is 4.30. The Hall–Kier alpha value is -2.30. The molecule has 0 aliphatic rings. The van der Waals surface area contributed by atoms with Gasteiger partial charge in [-0.25, -0.2) is 4.98 Å². The summed E-state index contributed by atoms with van der Waals surface area (Å²) >= 11 is 10.8. The highest BCUT2D eigenvalue weighted by Gasteiger charge is 2.25. The Kier molecular flexibility index (Phi) is 4.82. The van der Waals surface area contributed by atoms with Crippen LogP contribution in [0.15, 0.2) is 16.7 Å². The van der Waals surface area contributed by atoms with Crippen molar-refractivity contribution in [1.29, 1.82) is 0 Å². The third-order valence-electron chi connectivity index (χ3n) is 3.75. The van der Waals surface area contributed by atoms with Gasteiger partial charge in [0, 0.05) is 17.2 Å². The van der Waals surface area contributed by atoms with Crippen LogP contribution in [0.4, 0.5) is 5.69 Å². The highest BCUT2D eigenvalue weighted by molar-refractivity contribution is 9.10. The van der Waals surface area contributed by atoms with Crippen molar-refractivity contribution < 1.29 is 15.1 Å². The molecule has 0 saturated heterocycles. The first-order valence-electron chi connectivity index (χ1n) is 7.08. The average molecular weight is 458 g/mol. The minimum absolute atomic E-state index is 0.235. The van der Waals surface area contributed by atoms with Crippen molar-refractivity contribution in [1.82, 2.24) is 14.6 Å². The first-order chi connectivity index (χ1) is 12.2. The third kappa shape index (κ3) is 3.00. The number of halogens is 2. The number of rotatable bonds is 3. The van der Waals surface area contributed by atoms with E-state index in [2.05, 4.69) is 30.5 Å². The van der Waals surface area contributed by atoms with Crippen LogP contribution < -0.4 is 0 Å². The van der Waals surface area contributed by atoms with E-state index < -0.39 is 22.1 Å². The molecule has 11 heteroatoms. The predicted octanol–water partition coefficient (Wildman–Crippen LogP) is 4.62. The molecule has 2 aromatic heterocycles. The van der Waals surface area contributed by atoms with Gasteiger partial charge in [0.1, 0.15) is 10.3 Å². The summed E-state index contributed by atoms with van der Waals surface area (Å²) in [5.74, 6) is -1.43. The Morgan fingerprint density at radius 3 is 2.65 bits per heavy atom. The number of hydrogen-bond donors (Lipinski definition) is 2. The van der Waals surface area contributed by atoms with Gasteiger partial charge < -0.3 is 10.2 Å². The zero-order valence-electron chi connectivity index (χ0n) is 13.3. The molecule has 3 aromatic rings. The first kappa shape index (κ1) is 18.5. The molecule has 26 heavy (non-hydrogen) atoms. The molecule has 0 saturated carbocycles. The second-order valence-electron chi connectivity index (χ2n) is 5.37. The van der Waals surface area contributed by atoms with Crippen LogP contribution in [0.25, 0.3) is 21.7 Å². The van der Waals surface area contributed by atoms with Crippen LogP contribution in [-0.4, -0.2) is 29.7 Å². The van der Waals surface area contributed by atoms with Crippen molar-refractivity contribution in [3.63, 3.8) is 0 Å². The number of aromatic hydroxyl groups is 2. The number of phenolic OH excluding ortho intramolecular Hbond substituents is 2. The van der Waals surface area contributed by atoms with Crippen molar-refractivity contribution >= 4 is 44.8 Å². The second kappa shape index (κ2) is 6.78. The molecular weight excluding hydrogens is 448 g/mol. The van der Waals surface area contributed by atoms with Crippen LogP contribution in [0.5, 0.6) is 11.5 Å². The molecule has 0 atom stereocenters. The van der Waals surface area contributed by atoms with E-state index in [4.69, 9.17) is 11.6 Å². The Morgan fingerprint density at radius 1 is 1.31 bits per heavy atom. The zero-order valence-corrected chi connectivity index (χ0v) is 16.5. The molecule has 0 aliphatic heterocycles. The minimum atomic E-state index is -0.805. The first-order valence-corrected chi connectivity index (χ1v) is 9.02. The summed E-state index contributed by atoms with van der Waals surface area (Å²) in [6.45, 7) is 3.59. The number of aryl methyl sites for hydroxylation is 1. The summed E-state index contributed by atoms with van der Waals surface area (Å²) in [7, 11) is 0. The molecule has 0 radical (unpaired) electrons. The number of phenols is 2. The summed E-state index contributed by atoms with van der Waals surface area (Å²) in [5.41, 5.74) is 1.96. The molecule has 1 aromatic carbocycles. The molecule has 134 valence electrons. The normalized spacial score (nSPS) is 10.9. The van der Waals surface area contributed by atoms with E-state index in [9.17, 15) is 20.3 Å². The summed E-state index contributed by atoms with van der Waals surface area (Å²) in [5, 5.41) is 35.1. The lowest BCUT2D eigenvalue weighted by Gasteiger charge is -2.11. The molecule has 0 aliphatic carbocycles. The maximum atomic E-state index is 11.1. The lowest BCUT2D eigenvalue weighted by Crippen LogP contribution is -1.95. The number of nitro groups is 1. The highest BCUT2D eigenvalue weighted by Crippen LogP contribution is 2.44. The lowest BCUT2D eigenvalue weighted by molar-refractivity contribution is -0.385. The smallest absolute Gasteiger partial charge is 0.315 e. The molecular formula is C15H10BrClN4O4S. The van der Waals surface area contributed by atoms with E-state index in [-0.39, 0.29) is 5.56 Å². The van der Waals surface area contributed by atoms with Crippen LogP contribution in [0, 0.1) is 24.0 Å². The Bertz CT molecular complexity index is 1060. The topological polar surface area (TPSA) is 122 Å². The molecule has 8 nitrogen and oxygen atoms in total. The molecule has 2 N–H and O–H groups in total. The maximum absolute atomic E-state index is 11.1. The molecule has 2 heterocycles. The van der Waals surface area contributed by atoms with Crippen molar-refractivity contribution in [3.05, 3.63) is 43.1 Å². The van der Waals surface area contributed by atoms with Crippen LogP contribution in [0.2, 0.25) is 5.02 Å². The van der Waals surface area contributed by atoms with Gasteiger partial charge in [-0.2, -0.15) is 0 Å². The van der Waals surface area contributed by atoms with E-state index >= 15 is 0 Å².